The number of hydrogen-bond donors (Lipinski definition) is 2. The van der Waals surface area contributed by atoms with E-state index in [1.165, 1.54) is 11.3 Å². The summed E-state index contributed by atoms with van der Waals surface area (Å²) in [5.74, 6) is -1.32. The van der Waals surface area contributed by atoms with Crippen molar-refractivity contribution in [3.8, 4) is 0 Å². The highest BCUT2D eigenvalue weighted by Gasteiger charge is 2.32. The third-order valence-corrected chi connectivity index (χ3v) is 4.64. The maximum Gasteiger partial charge on any atom is 0.312 e. The van der Waals surface area contributed by atoms with Crippen LogP contribution >= 0.6 is 11.3 Å². The summed E-state index contributed by atoms with van der Waals surface area (Å²) >= 11 is 1.45. The van der Waals surface area contributed by atoms with Gasteiger partial charge in [-0.1, -0.05) is 0 Å². The van der Waals surface area contributed by atoms with E-state index in [0.29, 0.717) is 23.8 Å². The minimum absolute atomic E-state index is 0.00218. The Morgan fingerprint density at radius 1 is 1.60 bits per heavy atom. The maximum absolute atomic E-state index is 12.0. The van der Waals surface area contributed by atoms with Gasteiger partial charge in [0.05, 0.1) is 5.69 Å². The standard InChI is InChI=1S/C13H19N3O3S/c1-4-16(3)11(17)7(2)14-13-15-10-8(12(18)19)5-6-9(10)20-13/h7-8H,4-6H2,1-3H3,(H,14,15)(H,18,19). The second-order valence-electron chi connectivity index (χ2n) is 4.98. The molecule has 2 N–H and O–H groups in total. The normalized spacial score (nSPS) is 18.4. The molecule has 0 spiro atoms. The number of carbonyl (C=O) groups is 2. The van der Waals surface area contributed by atoms with Crippen molar-refractivity contribution < 1.29 is 14.7 Å². The fourth-order valence-corrected chi connectivity index (χ4v) is 3.39. The highest BCUT2D eigenvalue weighted by atomic mass is 32.1. The summed E-state index contributed by atoms with van der Waals surface area (Å²) in [4.78, 5) is 30.1. The topological polar surface area (TPSA) is 82.5 Å². The van der Waals surface area contributed by atoms with Crippen molar-refractivity contribution in [1.82, 2.24) is 9.88 Å². The number of anilines is 1. The molecule has 0 aliphatic heterocycles. The van der Waals surface area contributed by atoms with E-state index in [4.69, 9.17) is 5.11 Å². The van der Waals surface area contributed by atoms with Gasteiger partial charge in [-0.05, 0) is 26.7 Å². The second kappa shape index (κ2) is 5.78. The van der Waals surface area contributed by atoms with E-state index in [0.717, 1.165) is 11.3 Å². The Hall–Kier alpha value is -1.63. The predicted molar refractivity (Wildman–Crippen MR) is 77.2 cm³/mol. The molecule has 2 atom stereocenters. The van der Waals surface area contributed by atoms with Crippen LogP contribution in [0.15, 0.2) is 0 Å². The van der Waals surface area contributed by atoms with Crippen LogP contribution in [0.4, 0.5) is 5.13 Å². The fourth-order valence-electron chi connectivity index (χ4n) is 2.26. The number of carboxylic acid groups (broad SMARTS) is 1. The molecule has 20 heavy (non-hydrogen) atoms. The lowest BCUT2D eigenvalue weighted by Gasteiger charge is -2.20. The van der Waals surface area contributed by atoms with Gasteiger partial charge in [-0.25, -0.2) is 4.98 Å². The first kappa shape index (κ1) is 14.8. The van der Waals surface area contributed by atoms with Crippen molar-refractivity contribution in [2.24, 2.45) is 0 Å². The molecule has 1 aliphatic carbocycles. The summed E-state index contributed by atoms with van der Waals surface area (Å²) < 4.78 is 0. The quantitative estimate of drug-likeness (QED) is 0.861. The molecule has 2 unspecified atom stereocenters. The van der Waals surface area contributed by atoms with Crippen LogP contribution in [0.5, 0.6) is 0 Å². The lowest BCUT2D eigenvalue weighted by molar-refractivity contribution is -0.138. The van der Waals surface area contributed by atoms with Crippen LogP contribution in [0.2, 0.25) is 0 Å². The highest BCUT2D eigenvalue weighted by Crippen LogP contribution is 2.38. The maximum atomic E-state index is 12.0. The van der Waals surface area contributed by atoms with Gasteiger partial charge in [0.1, 0.15) is 12.0 Å². The van der Waals surface area contributed by atoms with Crippen molar-refractivity contribution in [1.29, 1.82) is 0 Å². The van der Waals surface area contributed by atoms with Gasteiger partial charge in [0.2, 0.25) is 5.91 Å². The number of aliphatic carboxylic acids is 1. The molecule has 2 rings (SSSR count). The summed E-state index contributed by atoms with van der Waals surface area (Å²) in [6.07, 6.45) is 1.37. The van der Waals surface area contributed by atoms with Crippen LogP contribution in [-0.2, 0) is 16.0 Å². The lowest BCUT2D eigenvalue weighted by atomic mass is 10.1. The molecule has 1 heterocycles. The Balaban J connectivity index is 2.07. The average molecular weight is 297 g/mol. The first-order valence-electron chi connectivity index (χ1n) is 6.68. The second-order valence-corrected chi connectivity index (χ2v) is 6.06. The molecule has 0 radical (unpaired) electrons. The van der Waals surface area contributed by atoms with Crippen LogP contribution in [0.1, 0.15) is 36.8 Å². The highest BCUT2D eigenvalue weighted by molar-refractivity contribution is 7.15. The molecule has 1 aromatic rings. The van der Waals surface area contributed by atoms with Gasteiger partial charge < -0.3 is 15.3 Å². The molecular weight excluding hydrogens is 278 g/mol. The van der Waals surface area contributed by atoms with Crippen molar-refractivity contribution in [2.45, 2.75) is 38.6 Å². The number of amides is 1. The van der Waals surface area contributed by atoms with Crippen LogP contribution in [0, 0.1) is 0 Å². The molecule has 7 heteroatoms. The number of fused-ring (bicyclic) bond motifs is 1. The number of rotatable bonds is 5. The van der Waals surface area contributed by atoms with E-state index in [-0.39, 0.29) is 11.9 Å². The number of likely N-dealkylation sites (N-methyl/N-ethyl adjacent to an activating group) is 1. The monoisotopic (exact) mass is 297 g/mol. The number of carboxylic acids is 1. The van der Waals surface area contributed by atoms with Gasteiger partial charge in [0.15, 0.2) is 5.13 Å². The van der Waals surface area contributed by atoms with E-state index in [9.17, 15) is 9.59 Å². The molecule has 1 aromatic heterocycles. The summed E-state index contributed by atoms with van der Waals surface area (Å²) in [6.45, 7) is 4.36. The Morgan fingerprint density at radius 2 is 2.30 bits per heavy atom. The number of nitrogens with one attached hydrogen (secondary N) is 1. The Morgan fingerprint density at radius 3 is 2.90 bits per heavy atom. The Bertz CT molecular complexity index is 529. The molecular formula is C13H19N3O3S. The number of hydrogen-bond acceptors (Lipinski definition) is 5. The molecule has 0 saturated heterocycles. The van der Waals surface area contributed by atoms with E-state index in [1.807, 2.05) is 6.92 Å². The summed E-state index contributed by atoms with van der Waals surface area (Å²) in [5, 5.41) is 12.8. The van der Waals surface area contributed by atoms with Crippen molar-refractivity contribution in [3.05, 3.63) is 10.6 Å². The van der Waals surface area contributed by atoms with Crippen molar-refractivity contribution in [2.75, 3.05) is 18.9 Å². The van der Waals surface area contributed by atoms with Crippen LogP contribution in [0.25, 0.3) is 0 Å². The van der Waals surface area contributed by atoms with Gasteiger partial charge in [-0.2, -0.15) is 0 Å². The summed E-state index contributed by atoms with van der Waals surface area (Å²) in [7, 11) is 1.75. The molecule has 0 bridgehead atoms. The molecule has 0 saturated carbocycles. The third-order valence-electron chi connectivity index (χ3n) is 3.58. The van der Waals surface area contributed by atoms with Crippen LogP contribution < -0.4 is 5.32 Å². The number of aryl methyl sites for hydroxylation is 1. The average Bonchev–Trinajstić information content (AvgIpc) is 2.95. The van der Waals surface area contributed by atoms with E-state index >= 15 is 0 Å². The lowest BCUT2D eigenvalue weighted by Crippen LogP contribution is -2.38. The smallest absolute Gasteiger partial charge is 0.312 e. The van der Waals surface area contributed by atoms with Crippen LogP contribution in [-0.4, -0.2) is 46.5 Å². The number of aromatic nitrogens is 1. The van der Waals surface area contributed by atoms with E-state index in [1.54, 1.807) is 18.9 Å². The summed E-state index contributed by atoms with van der Waals surface area (Å²) in [6, 6.07) is -0.366. The minimum atomic E-state index is -0.824. The molecule has 0 aromatic carbocycles. The molecule has 110 valence electrons. The largest absolute Gasteiger partial charge is 0.481 e. The van der Waals surface area contributed by atoms with Gasteiger partial charge >= 0.3 is 5.97 Å². The molecule has 6 nitrogen and oxygen atoms in total. The first-order valence-corrected chi connectivity index (χ1v) is 7.49. The molecule has 0 fully saturated rings. The van der Waals surface area contributed by atoms with Crippen molar-refractivity contribution >= 4 is 28.3 Å². The van der Waals surface area contributed by atoms with Crippen LogP contribution in [0.3, 0.4) is 0 Å². The van der Waals surface area contributed by atoms with Gasteiger partial charge in [-0.15, -0.1) is 11.3 Å². The summed E-state index contributed by atoms with van der Waals surface area (Å²) in [5.41, 5.74) is 0.661. The zero-order valence-corrected chi connectivity index (χ0v) is 12.7. The number of carbonyl (C=O) groups excluding carboxylic acids is 1. The molecule has 1 aliphatic rings. The zero-order chi connectivity index (χ0) is 14.9. The van der Waals surface area contributed by atoms with E-state index in [2.05, 4.69) is 10.3 Å². The van der Waals surface area contributed by atoms with Gasteiger partial charge in [0, 0.05) is 18.5 Å². The van der Waals surface area contributed by atoms with Crippen molar-refractivity contribution in [3.63, 3.8) is 0 Å². The Kier molecular flexibility index (Phi) is 4.27. The zero-order valence-electron chi connectivity index (χ0n) is 11.8. The third kappa shape index (κ3) is 2.77. The Labute approximate surface area is 121 Å². The van der Waals surface area contributed by atoms with E-state index < -0.39 is 11.9 Å². The van der Waals surface area contributed by atoms with Gasteiger partial charge in [0.25, 0.3) is 0 Å². The van der Waals surface area contributed by atoms with Gasteiger partial charge in [-0.3, -0.25) is 9.59 Å². The SMILES string of the molecule is CCN(C)C(=O)C(C)Nc1nc2c(s1)CCC2C(=O)O. The first-order chi connectivity index (χ1) is 9.43. The number of thiazole rings is 1. The predicted octanol–water partition coefficient (Wildman–Crippen LogP) is 1.54. The number of nitrogens with zero attached hydrogens (tertiary/aromatic N) is 2. The molecule has 1 amide bonds. The minimum Gasteiger partial charge on any atom is -0.481 e. The fraction of sp³-hybridized carbons (Fsp3) is 0.615.